The largest absolute Gasteiger partial charge is 0.494 e. The van der Waals surface area contributed by atoms with Crippen molar-refractivity contribution in [2.45, 2.75) is 32.1 Å². The first-order chi connectivity index (χ1) is 10.1. The molecule has 116 valence electrons. The van der Waals surface area contributed by atoms with Gasteiger partial charge >= 0.3 is 0 Å². The Hall–Kier alpha value is -1.42. The molecule has 1 fully saturated rings. The lowest BCUT2D eigenvalue weighted by Crippen LogP contribution is -2.31. The molecule has 0 unspecified atom stereocenters. The van der Waals surface area contributed by atoms with Crippen molar-refractivity contribution in [2.24, 2.45) is 5.92 Å². The van der Waals surface area contributed by atoms with Gasteiger partial charge in [0.1, 0.15) is 0 Å². The number of nitrogens with zero attached hydrogens (tertiary/aromatic N) is 1. The molecule has 0 radical (unpaired) electrons. The average molecular weight is 293 g/mol. The zero-order chi connectivity index (χ0) is 15.2. The van der Waals surface area contributed by atoms with Gasteiger partial charge < -0.3 is 4.74 Å². The van der Waals surface area contributed by atoms with Crippen LogP contribution in [0.5, 0.6) is 5.75 Å². The molecule has 0 amide bonds. The molecule has 21 heavy (non-hydrogen) atoms. The summed E-state index contributed by atoms with van der Waals surface area (Å²) < 4.78 is 18.5. The predicted octanol–water partition coefficient (Wildman–Crippen LogP) is 3.53. The summed E-state index contributed by atoms with van der Waals surface area (Å²) in [6.45, 7) is 1.28. The number of rotatable bonds is 6. The number of likely N-dealkylation sites (N-methyl/N-ethyl adjacent to an activating group) is 1. The molecular weight excluding hydrogens is 269 g/mol. The molecule has 1 aliphatic rings. The fraction of sp³-hybridized carbons (Fsp3) is 0.588. The van der Waals surface area contributed by atoms with Crippen LogP contribution < -0.4 is 4.74 Å². The third-order valence-electron chi connectivity index (χ3n) is 4.18. The second-order valence-corrected chi connectivity index (χ2v) is 5.97. The summed E-state index contributed by atoms with van der Waals surface area (Å²) in [6, 6.07) is 4.39. The number of carbonyl (C=O) groups excluding carboxylic acids is 1. The summed E-state index contributed by atoms with van der Waals surface area (Å²) in [7, 11) is 3.38. The average Bonchev–Trinajstić information content (AvgIpc) is 2.48. The molecule has 1 saturated carbocycles. The van der Waals surface area contributed by atoms with Gasteiger partial charge in [-0.2, -0.15) is 0 Å². The fourth-order valence-corrected chi connectivity index (χ4v) is 3.05. The Labute approximate surface area is 126 Å². The zero-order valence-electron chi connectivity index (χ0n) is 12.9. The third-order valence-corrected chi connectivity index (χ3v) is 4.18. The Kier molecular flexibility index (Phi) is 5.74. The number of hydrogen-bond acceptors (Lipinski definition) is 3. The first-order valence-electron chi connectivity index (χ1n) is 7.65. The van der Waals surface area contributed by atoms with Gasteiger partial charge in [0.15, 0.2) is 17.3 Å². The van der Waals surface area contributed by atoms with Crippen molar-refractivity contribution in [3.63, 3.8) is 0 Å². The van der Waals surface area contributed by atoms with Crippen LogP contribution in [0.2, 0.25) is 0 Å². The van der Waals surface area contributed by atoms with E-state index in [-0.39, 0.29) is 11.5 Å². The fourth-order valence-electron chi connectivity index (χ4n) is 3.05. The minimum Gasteiger partial charge on any atom is -0.494 e. The summed E-state index contributed by atoms with van der Waals surface area (Å²) in [5.74, 6) is 0.333. The normalized spacial score (nSPS) is 16.2. The summed E-state index contributed by atoms with van der Waals surface area (Å²) in [5.41, 5.74) is 0.406. The number of carbonyl (C=O) groups is 1. The summed E-state index contributed by atoms with van der Waals surface area (Å²) in [5, 5.41) is 0. The van der Waals surface area contributed by atoms with E-state index in [2.05, 4.69) is 4.90 Å². The van der Waals surface area contributed by atoms with Gasteiger partial charge in [0, 0.05) is 12.1 Å². The lowest BCUT2D eigenvalue weighted by atomic mass is 9.89. The smallest absolute Gasteiger partial charge is 0.176 e. The van der Waals surface area contributed by atoms with E-state index < -0.39 is 5.82 Å². The molecular formula is C17H24FNO2. The number of Topliss-reactive ketones (excluding diaryl/α,β-unsaturated/α-hetero) is 1. The molecule has 4 heteroatoms. The first-order valence-corrected chi connectivity index (χ1v) is 7.65. The highest BCUT2D eigenvalue weighted by Gasteiger charge is 2.18. The second kappa shape index (κ2) is 7.55. The molecule has 0 bridgehead atoms. The molecule has 0 N–H and O–H groups in total. The number of ketones is 1. The van der Waals surface area contributed by atoms with Crippen molar-refractivity contribution in [2.75, 3.05) is 27.2 Å². The Morgan fingerprint density at radius 3 is 2.67 bits per heavy atom. The molecule has 1 aromatic carbocycles. The molecule has 3 nitrogen and oxygen atoms in total. The Bertz CT molecular complexity index is 484. The van der Waals surface area contributed by atoms with Crippen molar-refractivity contribution < 1.29 is 13.9 Å². The summed E-state index contributed by atoms with van der Waals surface area (Å²) in [6.07, 6.45) is 6.46. The SMILES string of the molecule is COc1ccc(C(=O)CN(C)CC2CCCCC2)cc1F. The Balaban J connectivity index is 1.89. The van der Waals surface area contributed by atoms with E-state index in [9.17, 15) is 9.18 Å². The van der Waals surface area contributed by atoms with Crippen LogP contribution in [0.15, 0.2) is 18.2 Å². The van der Waals surface area contributed by atoms with E-state index in [0.29, 0.717) is 18.0 Å². The minimum atomic E-state index is -0.488. The maximum absolute atomic E-state index is 13.6. The van der Waals surface area contributed by atoms with Crippen molar-refractivity contribution in [3.8, 4) is 5.75 Å². The molecule has 0 heterocycles. The van der Waals surface area contributed by atoms with Gasteiger partial charge in [0.2, 0.25) is 0 Å². The van der Waals surface area contributed by atoms with Crippen LogP contribution >= 0.6 is 0 Å². The van der Waals surface area contributed by atoms with E-state index in [4.69, 9.17) is 4.74 Å². The van der Waals surface area contributed by atoms with Crippen LogP contribution in [0, 0.1) is 11.7 Å². The number of methoxy groups -OCH3 is 1. The Morgan fingerprint density at radius 2 is 2.05 bits per heavy atom. The van der Waals surface area contributed by atoms with Crippen LogP contribution in [0.4, 0.5) is 4.39 Å². The van der Waals surface area contributed by atoms with Gasteiger partial charge in [-0.15, -0.1) is 0 Å². The van der Waals surface area contributed by atoms with Crippen LogP contribution in [0.3, 0.4) is 0 Å². The standard InChI is InChI=1S/C17H24FNO2/c1-19(11-13-6-4-3-5-7-13)12-16(20)14-8-9-17(21-2)15(18)10-14/h8-10,13H,3-7,11-12H2,1-2H3. The van der Waals surface area contributed by atoms with Crippen molar-refractivity contribution in [1.29, 1.82) is 0 Å². The maximum Gasteiger partial charge on any atom is 0.176 e. The van der Waals surface area contributed by atoms with Crippen molar-refractivity contribution in [1.82, 2.24) is 4.90 Å². The van der Waals surface area contributed by atoms with Gasteiger partial charge in [0.05, 0.1) is 13.7 Å². The topological polar surface area (TPSA) is 29.5 Å². The number of halogens is 1. The maximum atomic E-state index is 13.6. The summed E-state index contributed by atoms with van der Waals surface area (Å²) in [4.78, 5) is 14.3. The van der Waals surface area contributed by atoms with E-state index >= 15 is 0 Å². The Morgan fingerprint density at radius 1 is 1.33 bits per heavy atom. The van der Waals surface area contributed by atoms with Crippen LogP contribution in [-0.2, 0) is 0 Å². The molecule has 1 aliphatic carbocycles. The number of hydrogen-bond donors (Lipinski definition) is 0. The van der Waals surface area contributed by atoms with Gasteiger partial charge in [0.25, 0.3) is 0 Å². The molecule has 0 atom stereocenters. The number of benzene rings is 1. The summed E-state index contributed by atoms with van der Waals surface area (Å²) >= 11 is 0. The minimum absolute atomic E-state index is 0.0464. The lowest BCUT2D eigenvalue weighted by Gasteiger charge is -2.26. The monoisotopic (exact) mass is 293 g/mol. The van der Waals surface area contributed by atoms with Gasteiger partial charge in [-0.1, -0.05) is 19.3 Å². The molecule has 0 aliphatic heterocycles. The van der Waals surface area contributed by atoms with Gasteiger partial charge in [-0.25, -0.2) is 4.39 Å². The lowest BCUT2D eigenvalue weighted by molar-refractivity contribution is 0.0932. The highest BCUT2D eigenvalue weighted by Crippen LogP contribution is 2.24. The molecule has 2 rings (SSSR count). The zero-order valence-corrected chi connectivity index (χ0v) is 12.9. The quantitative estimate of drug-likeness (QED) is 0.751. The van der Waals surface area contributed by atoms with E-state index in [1.807, 2.05) is 7.05 Å². The highest BCUT2D eigenvalue weighted by molar-refractivity contribution is 5.97. The number of ether oxygens (including phenoxy) is 1. The van der Waals surface area contributed by atoms with E-state index in [1.54, 1.807) is 6.07 Å². The van der Waals surface area contributed by atoms with E-state index in [0.717, 1.165) is 6.54 Å². The van der Waals surface area contributed by atoms with Crippen LogP contribution in [-0.4, -0.2) is 37.9 Å². The van der Waals surface area contributed by atoms with Gasteiger partial charge in [-0.05, 0) is 44.0 Å². The van der Waals surface area contributed by atoms with Gasteiger partial charge in [-0.3, -0.25) is 9.69 Å². The van der Waals surface area contributed by atoms with Crippen LogP contribution in [0.1, 0.15) is 42.5 Å². The van der Waals surface area contributed by atoms with Crippen molar-refractivity contribution >= 4 is 5.78 Å². The predicted molar refractivity (Wildman–Crippen MR) is 81.4 cm³/mol. The third kappa shape index (κ3) is 4.53. The molecule has 0 aromatic heterocycles. The van der Waals surface area contributed by atoms with Crippen molar-refractivity contribution in [3.05, 3.63) is 29.6 Å². The highest BCUT2D eigenvalue weighted by atomic mass is 19.1. The van der Waals surface area contributed by atoms with E-state index in [1.165, 1.54) is 51.3 Å². The molecule has 0 spiro atoms. The second-order valence-electron chi connectivity index (χ2n) is 5.97. The molecule has 0 saturated heterocycles. The first kappa shape index (κ1) is 16.0. The van der Waals surface area contributed by atoms with Crippen LogP contribution in [0.25, 0.3) is 0 Å². The molecule has 1 aromatic rings.